The van der Waals surface area contributed by atoms with Crippen LogP contribution in [0.5, 0.6) is 5.75 Å². The van der Waals surface area contributed by atoms with Gasteiger partial charge in [0.15, 0.2) is 0 Å². The molecule has 1 aliphatic heterocycles. The normalized spacial score (nSPS) is 13.8. The van der Waals surface area contributed by atoms with Crippen molar-refractivity contribution in [3.05, 3.63) is 95.2 Å². The Morgan fingerprint density at radius 1 is 0.972 bits per heavy atom. The fourth-order valence-corrected chi connectivity index (χ4v) is 5.00. The van der Waals surface area contributed by atoms with Crippen LogP contribution < -0.4 is 10.1 Å². The van der Waals surface area contributed by atoms with Crippen LogP contribution in [0.3, 0.4) is 0 Å². The molecule has 1 fully saturated rings. The maximum Gasteiger partial charge on any atom is 0.256 e. The van der Waals surface area contributed by atoms with E-state index in [4.69, 9.17) is 4.74 Å². The third-order valence-corrected chi connectivity index (χ3v) is 6.88. The number of fused-ring (bicyclic) bond motifs is 1. The molecule has 1 saturated heterocycles. The highest BCUT2D eigenvalue weighted by molar-refractivity contribution is 6.09. The average molecular weight is 484 g/mol. The van der Waals surface area contributed by atoms with Crippen LogP contribution in [-0.4, -0.2) is 59.9 Å². The van der Waals surface area contributed by atoms with E-state index in [2.05, 4.69) is 47.1 Å². The fraction of sp³-hybridized carbons (Fsp3) is 0.300. The smallest absolute Gasteiger partial charge is 0.256 e. The van der Waals surface area contributed by atoms with Crippen molar-refractivity contribution < 1.29 is 14.6 Å². The van der Waals surface area contributed by atoms with Crippen molar-refractivity contribution in [1.29, 1.82) is 0 Å². The Balaban J connectivity index is 1.74. The van der Waals surface area contributed by atoms with Gasteiger partial charge in [-0.1, -0.05) is 54.6 Å². The molecule has 0 spiro atoms. The van der Waals surface area contributed by atoms with Crippen molar-refractivity contribution in [1.82, 2.24) is 14.8 Å². The van der Waals surface area contributed by atoms with Gasteiger partial charge in [0.2, 0.25) is 0 Å². The summed E-state index contributed by atoms with van der Waals surface area (Å²) in [6, 6.07) is 24.5. The molecule has 2 heterocycles. The molecule has 2 N–H and O–H groups in total. The standard InChI is InChI=1S/C30H33N3O3/c1-22-9-2-3-10-23(22)21-27-29(30(35)32-17-15-31-16-18-32)24-11-4-5-12-25(24)33(27)26-13-6-7-14-28(26)36-20-8-19-34/h2-7,9-14,31,34H,8,15-21H2,1H3. The van der Waals surface area contributed by atoms with E-state index in [1.54, 1.807) is 0 Å². The number of aliphatic hydroxyl groups excluding tert-OH is 1. The number of benzene rings is 3. The van der Waals surface area contributed by atoms with Gasteiger partial charge < -0.3 is 24.6 Å². The molecule has 3 aromatic carbocycles. The van der Waals surface area contributed by atoms with Crippen LogP contribution in [0.1, 0.15) is 33.6 Å². The Kier molecular flexibility index (Phi) is 7.35. The number of rotatable bonds is 8. The van der Waals surface area contributed by atoms with Gasteiger partial charge >= 0.3 is 0 Å². The summed E-state index contributed by atoms with van der Waals surface area (Å²) in [5, 5.41) is 13.6. The van der Waals surface area contributed by atoms with E-state index in [1.807, 2.05) is 47.4 Å². The number of nitrogens with one attached hydrogen (secondary N) is 1. The maximum atomic E-state index is 14.1. The summed E-state index contributed by atoms with van der Waals surface area (Å²) in [6.45, 7) is 5.62. The molecule has 6 nitrogen and oxygen atoms in total. The number of aromatic nitrogens is 1. The van der Waals surface area contributed by atoms with Crippen molar-refractivity contribution in [3.63, 3.8) is 0 Å². The molecule has 0 radical (unpaired) electrons. The second-order valence-electron chi connectivity index (χ2n) is 9.21. The number of carbonyl (C=O) groups is 1. The van der Waals surface area contributed by atoms with E-state index in [-0.39, 0.29) is 12.5 Å². The highest BCUT2D eigenvalue weighted by Gasteiger charge is 2.28. The minimum atomic E-state index is 0.0775. The molecule has 0 bridgehead atoms. The summed E-state index contributed by atoms with van der Waals surface area (Å²) < 4.78 is 8.31. The molecule has 6 heteroatoms. The summed E-state index contributed by atoms with van der Waals surface area (Å²) >= 11 is 0. The number of para-hydroxylation sites is 3. The lowest BCUT2D eigenvalue weighted by Gasteiger charge is -2.28. The zero-order chi connectivity index (χ0) is 24.9. The molecule has 1 aliphatic rings. The minimum Gasteiger partial charge on any atom is -0.491 e. The van der Waals surface area contributed by atoms with Gasteiger partial charge in [0.1, 0.15) is 5.75 Å². The molecule has 5 rings (SSSR count). The Morgan fingerprint density at radius 2 is 1.69 bits per heavy atom. The fourth-order valence-electron chi connectivity index (χ4n) is 5.00. The maximum absolute atomic E-state index is 14.1. The lowest BCUT2D eigenvalue weighted by atomic mass is 10.00. The molecule has 0 aliphatic carbocycles. The van der Waals surface area contributed by atoms with Gasteiger partial charge in [-0.25, -0.2) is 0 Å². The number of aliphatic hydroxyl groups is 1. The lowest BCUT2D eigenvalue weighted by molar-refractivity contribution is 0.0736. The Labute approximate surface area is 212 Å². The first-order valence-electron chi connectivity index (χ1n) is 12.7. The number of piperazine rings is 1. The quantitative estimate of drug-likeness (QED) is 0.366. The molecule has 1 amide bonds. The molecular weight excluding hydrogens is 450 g/mol. The van der Waals surface area contributed by atoms with Gasteiger partial charge in [0.25, 0.3) is 5.91 Å². The Bertz CT molecular complexity index is 1350. The minimum absolute atomic E-state index is 0.0775. The zero-order valence-electron chi connectivity index (χ0n) is 20.7. The van der Waals surface area contributed by atoms with Gasteiger partial charge in [0.05, 0.1) is 23.4 Å². The van der Waals surface area contributed by atoms with Gasteiger partial charge in [-0.2, -0.15) is 0 Å². The van der Waals surface area contributed by atoms with E-state index in [0.717, 1.165) is 46.7 Å². The van der Waals surface area contributed by atoms with Crippen molar-refractivity contribution in [2.75, 3.05) is 39.4 Å². The van der Waals surface area contributed by atoms with Crippen molar-refractivity contribution in [3.8, 4) is 11.4 Å². The van der Waals surface area contributed by atoms with Crippen molar-refractivity contribution >= 4 is 16.8 Å². The highest BCUT2D eigenvalue weighted by Crippen LogP contribution is 2.36. The predicted molar refractivity (Wildman–Crippen MR) is 143 cm³/mol. The van der Waals surface area contributed by atoms with E-state index >= 15 is 0 Å². The molecule has 0 unspecified atom stereocenters. The van der Waals surface area contributed by atoms with Gasteiger partial charge in [0, 0.05) is 56.7 Å². The van der Waals surface area contributed by atoms with Crippen LogP contribution in [0.4, 0.5) is 0 Å². The zero-order valence-corrected chi connectivity index (χ0v) is 20.7. The van der Waals surface area contributed by atoms with Crippen molar-refractivity contribution in [2.24, 2.45) is 0 Å². The van der Waals surface area contributed by atoms with Crippen LogP contribution in [0.2, 0.25) is 0 Å². The molecular formula is C30H33N3O3. The van der Waals surface area contributed by atoms with Gasteiger partial charge in [-0.15, -0.1) is 0 Å². The Morgan fingerprint density at radius 3 is 2.50 bits per heavy atom. The molecule has 36 heavy (non-hydrogen) atoms. The van der Waals surface area contributed by atoms with Crippen LogP contribution in [0.15, 0.2) is 72.8 Å². The summed E-state index contributed by atoms with van der Waals surface area (Å²) in [5.41, 5.74) is 6.00. The van der Waals surface area contributed by atoms with Crippen molar-refractivity contribution in [2.45, 2.75) is 19.8 Å². The Hall–Kier alpha value is -3.61. The lowest BCUT2D eigenvalue weighted by Crippen LogP contribution is -2.46. The van der Waals surface area contributed by atoms with E-state index in [9.17, 15) is 9.90 Å². The molecule has 186 valence electrons. The van der Waals surface area contributed by atoms with Crippen LogP contribution in [0, 0.1) is 6.92 Å². The third-order valence-electron chi connectivity index (χ3n) is 6.88. The van der Waals surface area contributed by atoms with Gasteiger partial charge in [-0.05, 0) is 36.2 Å². The van der Waals surface area contributed by atoms with Crippen LogP contribution in [-0.2, 0) is 6.42 Å². The van der Waals surface area contributed by atoms with Crippen LogP contribution >= 0.6 is 0 Å². The van der Waals surface area contributed by atoms with E-state index in [1.165, 1.54) is 11.1 Å². The van der Waals surface area contributed by atoms with Gasteiger partial charge in [-0.3, -0.25) is 4.79 Å². The van der Waals surface area contributed by atoms with E-state index < -0.39 is 0 Å². The number of ether oxygens (including phenoxy) is 1. The number of aryl methyl sites for hydroxylation is 1. The second-order valence-corrected chi connectivity index (χ2v) is 9.21. The van der Waals surface area contributed by atoms with Crippen LogP contribution in [0.25, 0.3) is 16.6 Å². The number of carbonyl (C=O) groups excluding carboxylic acids is 1. The number of amides is 1. The van der Waals surface area contributed by atoms with E-state index in [0.29, 0.717) is 32.5 Å². The first-order valence-corrected chi connectivity index (χ1v) is 12.7. The third kappa shape index (κ3) is 4.74. The summed E-state index contributed by atoms with van der Waals surface area (Å²) in [7, 11) is 0. The largest absolute Gasteiger partial charge is 0.491 e. The highest BCUT2D eigenvalue weighted by atomic mass is 16.5. The first kappa shape index (κ1) is 24.1. The molecule has 4 aromatic rings. The molecule has 0 saturated carbocycles. The molecule has 0 atom stereocenters. The summed E-state index contributed by atoms with van der Waals surface area (Å²) in [6.07, 6.45) is 1.18. The molecule has 1 aromatic heterocycles. The number of hydrogen-bond acceptors (Lipinski definition) is 4. The number of nitrogens with zero attached hydrogens (tertiary/aromatic N) is 2. The summed E-state index contributed by atoms with van der Waals surface area (Å²) in [4.78, 5) is 16.0. The summed E-state index contributed by atoms with van der Waals surface area (Å²) in [5.74, 6) is 0.813. The number of hydrogen-bond donors (Lipinski definition) is 2. The topological polar surface area (TPSA) is 66.7 Å². The SMILES string of the molecule is Cc1ccccc1Cc1c(C(=O)N2CCNCC2)c2ccccc2n1-c1ccccc1OCCCO. The monoisotopic (exact) mass is 483 g/mol. The average Bonchev–Trinajstić information content (AvgIpc) is 3.24. The predicted octanol–water partition coefficient (Wildman–Crippen LogP) is 4.34. The second kappa shape index (κ2) is 11.0. The first-order chi connectivity index (χ1) is 17.7.